The highest BCUT2D eigenvalue weighted by Crippen LogP contribution is 2.81. The van der Waals surface area contributed by atoms with Crippen molar-refractivity contribution in [2.75, 3.05) is 6.61 Å². The molecule has 7 heteroatoms. The Balaban J connectivity index is 0.899. The Morgan fingerprint density at radius 2 is 1.57 bits per heavy atom. The van der Waals surface area contributed by atoms with Crippen LogP contribution in [-0.4, -0.2) is 57.8 Å². The number of carbonyl (C=O) groups is 2. The number of benzene rings is 4. The van der Waals surface area contributed by atoms with Gasteiger partial charge in [-0.05, 0) is 212 Å². The minimum absolute atomic E-state index is 0.0899. The molecule has 2 bridgehead atoms. The zero-order valence-electron chi connectivity index (χ0n) is 48.9. The molecule has 0 saturated heterocycles. The van der Waals surface area contributed by atoms with Crippen LogP contribution in [0.4, 0.5) is 0 Å². The van der Waals surface area contributed by atoms with E-state index in [4.69, 9.17) is 9.47 Å². The van der Waals surface area contributed by atoms with Gasteiger partial charge in [-0.15, -0.1) is 5.92 Å². The average molecular weight is 1090 g/mol. The van der Waals surface area contributed by atoms with Crippen molar-refractivity contribution in [3.63, 3.8) is 0 Å². The number of fused-ring (bicyclic) bond motifs is 8. The van der Waals surface area contributed by atoms with Gasteiger partial charge in [-0.25, -0.2) is 4.79 Å². The molecule has 0 aromatic heterocycles. The van der Waals surface area contributed by atoms with Gasteiger partial charge in [0.15, 0.2) is 0 Å². The van der Waals surface area contributed by atoms with E-state index in [1.54, 1.807) is 33.7 Å². The summed E-state index contributed by atoms with van der Waals surface area (Å²) < 4.78 is 12.4. The van der Waals surface area contributed by atoms with Crippen LogP contribution in [0.1, 0.15) is 220 Å². The molecule has 4 aromatic rings. The number of esters is 2. The van der Waals surface area contributed by atoms with Crippen LogP contribution >= 0.6 is 0 Å². The van der Waals surface area contributed by atoms with Gasteiger partial charge in [0.05, 0.1) is 35.1 Å². The third-order valence-corrected chi connectivity index (χ3v) is 25.8. The lowest BCUT2D eigenvalue weighted by atomic mass is 9.34. The molecule has 6 saturated carbocycles. The van der Waals surface area contributed by atoms with Crippen LogP contribution < -0.4 is 0 Å². The highest BCUT2D eigenvalue weighted by Gasteiger charge is 2.79. The maximum atomic E-state index is 14.7. The van der Waals surface area contributed by atoms with E-state index in [0.29, 0.717) is 67.6 Å². The van der Waals surface area contributed by atoms with Crippen LogP contribution in [0.3, 0.4) is 0 Å². The number of carbonyl (C=O) groups excluding carboxylic acids is 2. The van der Waals surface area contributed by atoms with Crippen LogP contribution in [0.25, 0.3) is 10.8 Å². The van der Waals surface area contributed by atoms with Crippen molar-refractivity contribution in [2.45, 2.75) is 228 Å². The van der Waals surface area contributed by atoms with Crippen molar-refractivity contribution in [1.29, 1.82) is 0 Å². The van der Waals surface area contributed by atoms with Crippen LogP contribution in [0.2, 0.25) is 0 Å². The molecule has 2 spiro atoms. The van der Waals surface area contributed by atoms with Gasteiger partial charge in [0.1, 0.15) is 12.7 Å². The van der Waals surface area contributed by atoms with Crippen molar-refractivity contribution in [1.82, 2.24) is 0 Å². The van der Waals surface area contributed by atoms with Crippen LogP contribution in [0.15, 0.2) is 103 Å². The largest absolute Gasteiger partial charge is 0.462 e. The monoisotopic (exact) mass is 1090 g/mol. The molecule has 4 aromatic carbocycles. The molecular weight excluding hydrogens is 1000 g/mol. The van der Waals surface area contributed by atoms with Crippen molar-refractivity contribution in [2.24, 2.45) is 50.7 Å². The summed E-state index contributed by atoms with van der Waals surface area (Å²) in [7, 11) is 0. The minimum atomic E-state index is -1.74. The number of aryl methyl sites for hydroxylation is 1. The van der Waals surface area contributed by atoms with Gasteiger partial charge in [0.25, 0.3) is 0 Å². The molecule has 16 atom stereocenters. The SMILES string of the molecule is CC(CCCc1ccccc1)CCC(O)C12C(O)CCC(C)(C3CCC45CC6(CCCC6)C6CC7(c8ccccc8)CCCCC7c7ccc8cccc(c8c7C64)C5C3)C1C1CC(C)(C#CCCC(=O)O1)C2(O)CCC1=CC(=O)OC1. The van der Waals surface area contributed by atoms with Crippen molar-refractivity contribution in [3.05, 3.63) is 130 Å². The zero-order valence-corrected chi connectivity index (χ0v) is 48.9. The first-order valence-corrected chi connectivity index (χ1v) is 32.5. The van der Waals surface area contributed by atoms with Gasteiger partial charge in [-0.1, -0.05) is 143 Å². The Kier molecular flexibility index (Phi) is 13.5. The van der Waals surface area contributed by atoms with Gasteiger partial charge >= 0.3 is 11.9 Å². The Morgan fingerprint density at radius 1 is 0.778 bits per heavy atom. The molecule has 2 aliphatic heterocycles. The van der Waals surface area contributed by atoms with E-state index in [-0.39, 0.29) is 54.1 Å². The third-order valence-electron chi connectivity index (χ3n) is 25.8. The number of aliphatic hydroxyl groups is 3. The molecular formula is C74H90O7. The van der Waals surface area contributed by atoms with Gasteiger partial charge in [0, 0.05) is 30.3 Å². The molecule has 3 N–H and O–H groups in total. The second-order valence-electron chi connectivity index (χ2n) is 29.3. The van der Waals surface area contributed by atoms with Gasteiger partial charge in [-0.2, -0.15) is 0 Å². The molecule has 0 amide bonds. The molecule has 2 heterocycles. The number of hydrogen-bond donors (Lipinski definition) is 3. The smallest absolute Gasteiger partial charge is 0.331 e. The van der Waals surface area contributed by atoms with Crippen LogP contribution in [0, 0.1) is 62.6 Å². The van der Waals surface area contributed by atoms with E-state index in [0.717, 1.165) is 50.5 Å². The number of cyclic esters (lactones) is 1. The van der Waals surface area contributed by atoms with Gasteiger partial charge in [-0.3, -0.25) is 4.79 Å². The molecule has 81 heavy (non-hydrogen) atoms. The van der Waals surface area contributed by atoms with E-state index in [1.807, 2.05) is 6.92 Å². The number of rotatable bonds is 13. The summed E-state index contributed by atoms with van der Waals surface area (Å²) in [6.07, 6.45) is 21.3. The average Bonchev–Trinajstić information content (AvgIpc) is 1.93. The molecule has 428 valence electrons. The lowest BCUT2D eigenvalue weighted by molar-refractivity contribution is -0.339. The summed E-state index contributed by atoms with van der Waals surface area (Å²) in [6.45, 7) is 6.92. The maximum Gasteiger partial charge on any atom is 0.331 e. The Morgan fingerprint density at radius 3 is 2.36 bits per heavy atom. The summed E-state index contributed by atoms with van der Waals surface area (Å²) in [4.78, 5) is 27.0. The highest BCUT2D eigenvalue weighted by atomic mass is 16.5. The molecule has 8 aliphatic carbocycles. The lowest BCUT2D eigenvalue weighted by Gasteiger charge is -2.72. The van der Waals surface area contributed by atoms with Crippen molar-refractivity contribution >= 4 is 22.7 Å². The predicted molar refractivity (Wildman–Crippen MR) is 318 cm³/mol. The third kappa shape index (κ3) is 8.10. The Labute approximate surface area is 482 Å². The molecule has 0 radical (unpaired) electrons. The fourth-order valence-corrected chi connectivity index (χ4v) is 22.5. The quantitative estimate of drug-likeness (QED) is 0.0903. The number of ether oxygens (including phenoxy) is 2. The van der Waals surface area contributed by atoms with Gasteiger partial charge in [0.2, 0.25) is 0 Å². The topological polar surface area (TPSA) is 113 Å². The van der Waals surface area contributed by atoms with Crippen molar-refractivity contribution < 1.29 is 34.4 Å². The first-order valence-electron chi connectivity index (χ1n) is 32.5. The maximum absolute atomic E-state index is 14.7. The molecule has 6 fully saturated rings. The first kappa shape index (κ1) is 54.2. The normalized spacial score (nSPS) is 39.5. The van der Waals surface area contributed by atoms with E-state index in [9.17, 15) is 24.9 Å². The summed E-state index contributed by atoms with van der Waals surface area (Å²) in [5, 5.41) is 45.0. The van der Waals surface area contributed by atoms with E-state index >= 15 is 0 Å². The summed E-state index contributed by atoms with van der Waals surface area (Å²) in [6, 6.07) is 34.9. The van der Waals surface area contributed by atoms with Gasteiger partial charge < -0.3 is 24.8 Å². The highest BCUT2D eigenvalue weighted by molar-refractivity contribution is 5.93. The summed E-state index contributed by atoms with van der Waals surface area (Å²) in [5.41, 5.74) is 4.16. The molecule has 10 aliphatic rings. The Bertz CT molecular complexity index is 3170. The number of hydrogen-bond acceptors (Lipinski definition) is 7. The van der Waals surface area contributed by atoms with E-state index in [2.05, 4.69) is 117 Å². The fraction of sp³-hybridized carbons (Fsp3) is 0.622. The fourth-order valence-electron chi connectivity index (χ4n) is 22.5. The van der Waals surface area contributed by atoms with E-state index < -0.39 is 46.1 Å². The molecule has 7 nitrogen and oxygen atoms in total. The second-order valence-corrected chi connectivity index (χ2v) is 29.3. The van der Waals surface area contributed by atoms with E-state index in [1.165, 1.54) is 75.2 Å². The second kappa shape index (κ2) is 20.2. The molecule has 16 unspecified atom stereocenters. The first-order chi connectivity index (χ1) is 39.2. The zero-order chi connectivity index (χ0) is 55.6. The Hall–Kier alpha value is -4.74. The molecule has 14 rings (SSSR count). The predicted octanol–water partition coefficient (Wildman–Crippen LogP) is 15.1. The summed E-state index contributed by atoms with van der Waals surface area (Å²) >= 11 is 0. The standard InChI is InChI=1S/C74H90O7/c1-48(18-16-21-49-19-6-4-7-20-49)28-31-60(75)74-61(76)34-39-69(3,67(74)59-45-68(2,35-12-11-27-62(77)81-59)73(74,79)41-32-50-42-63(78)80-46-50)53-33-40-72-47-70(36-14-15-37-70)58-44-71(52-23-8-5-9-24-52)38-13-10-26-56(71)55-30-29-51-22-17-25-54(57(72)43-53)64(51)65(55)66(58)72/h4-9,17,19-20,22-25,29-30,42,48,53,56-61,66-67,75-76,79H,10-11,13-16,18,21,26-28,31-34,36-41,43-47H2,1-3H3. The summed E-state index contributed by atoms with van der Waals surface area (Å²) in [5.74, 6) is 8.05. The van der Waals surface area contributed by atoms with Crippen molar-refractivity contribution in [3.8, 4) is 11.8 Å². The van der Waals surface area contributed by atoms with Crippen LogP contribution in [-0.2, 0) is 30.9 Å². The lowest BCUT2D eigenvalue weighted by Crippen LogP contribution is -2.79. The number of aliphatic hydroxyl groups excluding tert-OH is 2. The van der Waals surface area contributed by atoms with Crippen LogP contribution in [0.5, 0.6) is 0 Å². The minimum Gasteiger partial charge on any atom is -0.462 e.